The quantitative estimate of drug-likeness (QED) is 0.840. The number of nitrogens with two attached hydrogens (primary N) is 1. The van der Waals surface area contributed by atoms with E-state index >= 15 is 0 Å². The molecule has 16 heavy (non-hydrogen) atoms. The van der Waals surface area contributed by atoms with Crippen LogP contribution in [0.5, 0.6) is 0 Å². The van der Waals surface area contributed by atoms with Crippen molar-refractivity contribution in [2.24, 2.45) is 5.73 Å². The molecule has 2 aliphatic rings. The molecule has 1 unspecified atom stereocenters. The van der Waals surface area contributed by atoms with Gasteiger partial charge in [0.2, 0.25) is 0 Å². The van der Waals surface area contributed by atoms with Gasteiger partial charge in [-0.1, -0.05) is 18.2 Å². The van der Waals surface area contributed by atoms with Crippen LogP contribution in [0.25, 0.3) is 0 Å². The smallest absolute Gasteiger partial charge is 0.0404 e. The lowest BCUT2D eigenvalue weighted by Gasteiger charge is -2.41. The number of rotatable bonds is 3. The Bertz CT molecular complexity index is 371. The number of fused-ring (bicyclic) bond motifs is 1. The van der Waals surface area contributed by atoms with Crippen LogP contribution in [0.4, 0.5) is 5.69 Å². The van der Waals surface area contributed by atoms with E-state index in [0.29, 0.717) is 6.04 Å². The van der Waals surface area contributed by atoms with Crippen molar-refractivity contribution in [1.29, 1.82) is 0 Å². The van der Waals surface area contributed by atoms with Crippen molar-refractivity contribution in [3.05, 3.63) is 29.8 Å². The number of anilines is 1. The zero-order valence-corrected chi connectivity index (χ0v) is 9.73. The van der Waals surface area contributed by atoms with Crippen molar-refractivity contribution >= 4 is 5.69 Å². The molecule has 1 aliphatic heterocycles. The van der Waals surface area contributed by atoms with Crippen molar-refractivity contribution < 1.29 is 0 Å². The average molecular weight is 216 g/mol. The third-order valence-corrected chi connectivity index (χ3v) is 4.09. The summed E-state index contributed by atoms with van der Waals surface area (Å²) in [6.45, 7) is 0.807. The monoisotopic (exact) mass is 216 g/mol. The van der Waals surface area contributed by atoms with Gasteiger partial charge in [0.05, 0.1) is 0 Å². The molecular formula is C14H20N2. The van der Waals surface area contributed by atoms with E-state index in [2.05, 4.69) is 29.2 Å². The zero-order chi connectivity index (χ0) is 11.0. The molecule has 2 heteroatoms. The molecule has 0 bridgehead atoms. The van der Waals surface area contributed by atoms with Crippen LogP contribution in [0.1, 0.15) is 31.2 Å². The molecular weight excluding hydrogens is 196 g/mol. The van der Waals surface area contributed by atoms with E-state index in [-0.39, 0.29) is 0 Å². The van der Waals surface area contributed by atoms with E-state index in [0.717, 1.165) is 19.0 Å². The SMILES string of the molecule is NCCC1Cc2ccccc2N1C1CCC1. The van der Waals surface area contributed by atoms with Crippen molar-refractivity contribution in [1.82, 2.24) is 0 Å². The second kappa shape index (κ2) is 4.10. The lowest BCUT2D eigenvalue weighted by Crippen LogP contribution is -2.45. The summed E-state index contributed by atoms with van der Waals surface area (Å²) in [4.78, 5) is 2.66. The van der Waals surface area contributed by atoms with Crippen molar-refractivity contribution in [2.45, 2.75) is 44.2 Å². The van der Waals surface area contributed by atoms with Crippen LogP contribution in [0.2, 0.25) is 0 Å². The Morgan fingerprint density at radius 3 is 2.75 bits per heavy atom. The summed E-state index contributed by atoms with van der Waals surface area (Å²) in [6.07, 6.45) is 6.47. The van der Waals surface area contributed by atoms with Crippen LogP contribution >= 0.6 is 0 Å². The Labute approximate surface area is 97.4 Å². The third-order valence-electron chi connectivity index (χ3n) is 4.09. The summed E-state index contributed by atoms with van der Waals surface area (Å²) < 4.78 is 0. The lowest BCUT2D eigenvalue weighted by atomic mass is 9.90. The van der Waals surface area contributed by atoms with Crippen LogP contribution in [-0.4, -0.2) is 18.6 Å². The maximum Gasteiger partial charge on any atom is 0.0404 e. The summed E-state index contributed by atoms with van der Waals surface area (Å²) in [5.41, 5.74) is 8.74. The van der Waals surface area contributed by atoms with Gasteiger partial charge in [-0.05, 0) is 50.3 Å². The van der Waals surface area contributed by atoms with Crippen molar-refractivity contribution in [3.8, 4) is 0 Å². The van der Waals surface area contributed by atoms with Crippen molar-refractivity contribution in [2.75, 3.05) is 11.4 Å². The normalized spacial score (nSPS) is 24.3. The first-order valence-electron chi connectivity index (χ1n) is 6.46. The minimum atomic E-state index is 0.660. The molecule has 0 saturated heterocycles. The molecule has 2 N–H and O–H groups in total. The van der Waals surface area contributed by atoms with E-state index in [1.165, 1.54) is 36.9 Å². The van der Waals surface area contributed by atoms with E-state index in [1.807, 2.05) is 0 Å². The number of nitrogens with zero attached hydrogens (tertiary/aromatic N) is 1. The van der Waals surface area contributed by atoms with Gasteiger partial charge in [-0.25, -0.2) is 0 Å². The molecule has 86 valence electrons. The summed E-state index contributed by atoms with van der Waals surface area (Å²) in [7, 11) is 0. The molecule has 1 heterocycles. The van der Waals surface area contributed by atoms with E-state index in [9.17, 15) is 0 Å². The highest BCUT2D eigenvalue weighted by Crippen LogP contribution is 2.39. The Morgan fingerprint density at radius 1 is 1.25 bits per heavy atom. The highest BCUT2D eigenvalue weighted by Gasteiger charge is 2.35. The van der Waals surface area contributed by atoms with Gasteiger partial charge >= 0.3 is 0 Å². The van der Waals surface area contributed by atoms with Crippen LogP contribution in [0.3, 0.4) is 0 Å². The average Bonchev–Trinajstić information content (AvgIpc) is 2.56. The van der Waals surface area contributed by atoms with E-state index in [4.69, 9.17) is 5.73 Å². The molecule has 1 aliphatic carbocycles. The Morgan fingerprint density at radius 2 is 2.06 bits per heavy atom. The lowest BCUT2D eigenvalue weighted by molar-refractivity contribution is 0.360. The Hall–Kier alpha value is -1.02. The fourth-order valence-corrected chi connectivity index (χ4v) is 3.08. The van der Waals surface area contributed by atoms with Crippen LogP contribution < -0.4 is 10.6 Å². The van der Waals surface area contributed by atoms with Crippen LogP contribution in [-0.2, 0) is 6.42 Å². The van der Waals surface area contributed by atoms with Gasteiger partial charge in [-0.2, -0.15) is 0 Å². The molecule has 0 spiro atoms. The predicted octanol–water partition coefficient (Wildman–Crippen LogP) is 2.32. The highest BCUT2D eigenvalue weighted by molar-refractivity contribution is 5.60. The minimum absolute atomic E-state index is 0.660. The Kier molecular flexibility index (Phi) is 2.60. The third kappa shape index (κ3) is 1.52. The fourth-order valence-electron chi connectivity index (χ4n) is 3.08. The fraction of sp³-hybridized carbons (Fsp3) is 0.571. The largest absolute Gasteiger partial charge is 0.365 e. The maximum atomic E-state index is 5.74. The summed E-state index contributed by atoms with van der Waals surface area (Å²) in [6, 6.07) is 10.3. The standard InChI is InChI=1S/C14H20N2/c15-9-8-13-10-11-4-1-2-7-14(11)16(13)12-5-3-6-12/h1-2,4,7,12-13H,3,5-6,8-10,15H2. The number of hydrogen-bond acceptors (Lipinski definition) is 2. The molecule has 1 saturated carbocycles. The van der Waals surface area contributed by atoms with Gasteiger partial charge in [-0.3, -0.25) is 0 Å². The second-order valence-electron chi connectivity index (χ2n) is 5.06. The first kappa shape index (κ1) is 10.2. The topological polar surface area (TPSA) is 29.3 Å². The highest BCUT2D eigenvalue weighted by atomic mass is 15.2. The van der Waals surface area contributed by atoms with E-state index < -0.39 is 0 Å². The van der Waals surface area contributed by atoms with E-state index in [1.54, 1.807) is 0 Å². The van der Waals surface area contributed by atoms with Gasteiger partial charge in [0.25, 0.3) is 0 Å². The number of para-hydroxylation sites is 1. The first-order valence-corrected chi connectivity index (χ1v) is 6.46. The summed E-state index contributed by atoms with van der Waals surface area (Å²) >= 11 is 0. The van der Waals surface area contributed by atoms with Gasteiger partial charge in [0.1, 0.15) is 0 Å². The van der Waals surface area contributed by atoms with Gasteiger partial charge in [-0.15, -0.1) is 0 Å². The first-order chi connectivity index (χ1) is 7.90. The Balaban J connectivity index is 1.89. The molecule has 0 amide bonds. The minimum Gasteiger partial charge on any atom is -0.365 e. The zero-order valence-electron chi connectivity index (χ0n) is 9.73. The predicted molar refractivity (Wildman–Crippen MR) is 67.7 cm³/mol. The molecule has 3 rings (SSSR count). The molecule has 0 radical (unpaired) electrons. The second-order valence-corrected chi connectivity index (χ2v) is 5.06. The van der Waals surface area contributed by atoms with Crippen LogP contribution in [0, 0.1) is 0 Å². The molecule has 0 aromatic heterocycles. The maximum absolute atomic E-state index is 5.74. The van der Waals surface area contributed by atoms with Crippen LogP contribution in [0.15, 0.2) is 24.3 Å². The summed E-state index contributed by atoms with van der Waals surface area (Å²) in [5, 5.41) is 0. The number of benzene rings is 1. The van der Waals surface area contributed by atoms with Gasteiger partial charge in [0, 0.05) is 17.8 Å². The molecule has 2 nitrogen and oxygen atoms in total. The molecule has 1 atom stereocenters. The summed E-state index contributed by atoms with van der Waals surface area (Å²) in [5.74, 6) is 0. The number of hydrogen-bond donors (Lipinski definition) is 1. The van der Waals surface area contributed by atoms with Gasteiger partial charge < -0.3 is 10.6 Å². The molecule has 1 aromatic carbocycles. The molecule has 1 aromatic rings. The molecule has 1 fully saturated rings. The van der Waals surface area contributed by atoms with Gasteiger partial charge in [0.15, 0.2) is 0 Å². The van der Waals surface area contributed by atoms with Crippen molar-refractivity contribution in [3.63, 3.8) is 0 Å².